The molecule has 8 heteroatoms. The normalized spacial score (nSPS) is 19.2. The quantitative estimate of drug-likeness (QED) is 0.801. The molecule has 0 aromatic carbocycles. The van der Waals surface area contributed by atoms with E-state index in [0.29, 0.717) is 32.8 Å². The third-order valence-electron chi connectivity index (χ3n) is 3.49. The van der Waals surface area contributed by atoms with Gasteiger partial charge in [0.15, 0.2) is 0 Å². The van der Waals surface area contributed by atoms with Crippen LogP contribution in [0.2, 0.25) is 0 Å². The Morgan fingerprint density at radius 2 is 2.45 bits per heavy atom. The Kier molecular flexibility index (Phi) is 4.81. The number of rotatable bonds is 6. The zero-order valence-electron chi connectivity index (χ0n) is 12.2. The van der Waals surface area contributed by atoms with Crippen LogP contribution in [0.4, 0.5) is 0 Å². The fourth-order valence-corrected chi connectivity index (χ4v) is 2.43. The summed E-state index contributed by atoms with van der Waals surface area (Å²) < 4.78 is 12.6. The maximum absolute atomic E-state index is 12.0. The van der Waals surface area contributed by atoms with Crippen LogP contribution in [0.25, 0.3) is 0 Å². The van der Waals surface area contributed by atoms with Crippen LogP contribution in [0.15, 0.2) is 35.5 Å². The maximum Gasteiger partial charge on any atom is 0.234 e. The van der Waals surface area contributed by atoms with Gasteiger partial charge in [-0.05, 0) is 12.1 Å². The second-order valence-corrected chi connectivity index (χ2v) is 5.20. The van der Waals surface area contributed by atoms with Crippen molar-refractivity contribution < 1.29 is 13.9 Å². The minimum absolute atomic E-state index is 0.0159. The summed E-state index contributed by atoms with van der Waals surface area (Å²) in [5.74, 6) is 0.734. The first-order valence-electron chi connectivity index (χ1n) is 7.25. The number of nitrogens with zero attached hydrogens (tertiary/aromatic N) is 4. The van der Waals surface area contributed by atoms with Gasteiger partial charge in [0.2, 0.25) is 5.91 Å². The van der Waals surface area contributed by atoms with Crippen LogP contribution >= 0.6 is 0 Å². The lowest BCUT2D eigenvalue weighted by Crippen LogP contribution is -2.48. The molecule has 0 radical (unpaired) electrons. The lowest BCUT2D eigenvalue weighted by atomic mass is 10.2. The molecule has 0 aliphatic carbocycles. The largest absolute Gasteiger partial charge is 0.467 e. The van der Waals surface area contributed by atoms with Gasteiger partial charge in [-0.2, -0.15) is 5.10 Å². The van der Waals surface area contributed by atoms with E-state index in [0.717, 1.165) is 12.3 Å². The molecule has 0 spiro atoms. The van der Waals surface area contributed by atoms with Gasteiger partial charge in [-0.1, -0.05) is 0 Å². The molecule has 1 atom stereocenters. The fraction of sp³-hybridized carbons (Fsp3) is 0.500. The van der Waals surface area contributed by atoms with Crippen LogP contribution in [0.3, 0.4) is 0 Å². The highest BCUT2D eigenvalue weighted by Crippen LogP contribution is 2.07. The standard InChI is InChI=1S/C14H19N5O3/c20-14(16-6-12-2-1-4-21-12)9-18-3-5-22-13(7-18)8-19-11-15-10-17-19/h1-2,4,10-11,13H,3,5-9H2,(H,16,20)/t13-/m1/s1. The molecule has 2 aromatic heterocycles. The van der Waals surface area contributed by atoms with Gasteiger partial charge in [0.1, 0.15) is 18.4 Å². The van der Waals surface area contributed by atoms with Crippen molar-refractivity contribution >= 4 is 5.91 Å². The summed E-state index contributed by atoms with van der Waals surface area (Å²) in [5, 5.41) is 6.92. The molecule has 0 unspecified atom stereocenters. The van der Waals surface area contributed by atoms with E-state index in [-0.39, 0.29) is 12.0 Å². The van der Waals surface area contributed by atoms with Crippen LogP contribution in [0.1, 0.15) is 5.76 Å². The molecule has 1 aliphatic heterocycles. The molecule has 3 heterocycles. The van der Waals surface area contributed by atoms with E-state index in [1.807, 2.05) is 6.07 Å². The van der Waals surface area contributed by atoms with Gasteiger partial charge in [0, 0.05) is 13.1 Å². The van der Waals surface area contributed by atoms with E-state index >= 15 is 0 Å². The van der Waals surface area contributed by atoms with Crippen LogP contribution in [-0.2, 0) is 22.6 Å². The van der Waals surface area contributed by atoms with Crippen molar-refractivity contribution in [2.45, 2.75) is 19.2 Å². The number of amides is 1. The highest BCUT2D eigenvalue weighted by Gasteiger charge is 2.22. The second-order valence-electron chi connectivity index (χ2n) is 5.20. The molecule has 0 bridgehead atoms. The van der Waals surface area contributed by atoms with Crippen LogP contribution in [0.5, 0.6) is 0 Å². The first-order chi connectivity index (χ1) is 10.8. The third-order valence-corrected chi connectivity index (χ3v) is 3.49. The van der Waals surface area contributed by atoms with Gasteiger partial charge in [-0.25, -0.2) is 4.98 Å². The Balaban J connectivity index is 1.42. The zero-order chi connectivity index (χ0) is 15.2. The highest BCUT2D eigenvalue weighted by molar-refractivity contribution is 5.77. The number of hydrogen-bond donors (Lipinski definition) is 1. The number of nitrogens with one attached hydrogen (secondary N) is 1. The van der Waals surface area contributed by atoms with Crippen LogP contribution < -0.4 is 5.32 Å². The van der Waals surface area contributed by atoms with Crippen LogP contribution in [0, 0.1) is 0 Å². The predicted molar refractivity (Wildman–Crippen MR) is 76.8 cm³/mol. The van der Waals surface area contributed by atoms with Gasteiger partial charge in [0.25, 0.3) is 0 Å². The summed E-state index contributed by atoms with van der Waals surface area (Å²) in [6, 6.07) is 3.64. The van der Waals surface area contributed by atoms with E-state index in [2.05, 4.69) is 20.3 Å². The Morgan fingerprint density at radius 1 is 1.50 bits per heavy atom. The summed E-state index contributed by atoms with van der Waals surface area (Å²) in [5.41, 5.74) is 0. The molecule has 1 N–H and O–H groups in total. The van der Waals surface area contributed by atoms with Gasteiger partial charge in [0.05, 0.1) is 38.6 Å². The molecular formula is C14H19N5O3. The Bertz CT molecular complexity index is 569. The van der Waals surface area contributed by atoms with Crippen LogP contribution in [-0.4, -0.2) is 57.9 Å². The number of aromatic nitrogens is 3. The van der Waals surface area contributed by atoms with Gasteiger partial charge < -0.3 is 14.5 Å². The molecule has 1 aliphatic rings. The summed E-state index contributed by atoms with van der Waals surface area (Å²) in [6.07, 6.45) is 4.78. The molecule has 22 heavy (non-hydrogen) atoms. The SMILES string of the molecule is O=C(CN1CCO[C@@H](Cn2cncn2)C1)NCc1ccco1. The van der Waals surface area contributed by atoms with Crippen molar-refractivity contribution in [3.63, 3.8) is 0 Å². The average Bonchev–Trinajstić information content (AvgIpc) is 3.19. The van der Waals surface area contributed by atoms with E-state index < -0.39 is 0 Å². The highest BCUT2D eigenvalue weighted by atomic mass is 16.5. The first-order valence-corrected chi connectivity index (χ1v) is 7.25. The number of ether oxygens (including phenoxy) is 1. The van der Waals surface area contributed by atoms with E-state index in [1.165, 1.54) is 6.33 Å². The fourth-order valence-electron chi connectivity index (χ4n) is 2.43. The van der Waals surface area contributed by atoms with Gasteiger partial charge >= 0.3 is 0 Å². The summed E-state index contributed by atoms with van der Waals surface area (Å²) in [7, 11) is 0. The second kappa shape index (κ2) is 7.19. The monoisotopic (exact) mass is 305 g/mol. The molecule has 1 amide bonds. The van der Waals surface area contributed by atoms with Crippen molar-refractivity contribution in [2.24, 2.45) is 0 Å². The smallest absolute Gasteiger partial charge is 0.234 e. The molecule has 3 rings (SSSR count). The van der Waals surface area contributed by atoms with Crippen molar-refractivity contribution in [3.8, 4) is 0 Å². The maximum atomic E-state index is 12.0. The Hall–Kier alpha value is -2.19. The zero-order valence-corrected chi connectivity index (χ0v) is 12.2. The Morgan fingerprint density at radius 3 is 3.23 bits per heavy atom. The number of furan rings is 1. The Labute approximate surface area is 128 Å². The molecule has 8 nitrogen and oxygen atoms in total. The summed E-state index contributed by atoms with van der Waals surface area (Å²) >= 11 is 0. The summed E-state index contributed by atoms with van der Waals surface area (Å²) in [4.78, 5) is 18.0. The molecule has 0 saturated carbocycles. The predicted octanol–water partition coefficient (Wildman–Crippen LogP) is -0.112. The van der Waals surface area contributed by atoms with Crippen molar-refractivity contribution in [1.29, 1.82) is 0 Å². The molecule has 2 aromatic rings. The number of morpholine rings is 1. The van der Waals surface area contributed by atoms with E-state index in [1.54, 1.807) is 23.3 Å². The van der Waals surface area contributed by atoms with Gasteiger partial charge in [-0.3, -0.25) is 14.4 Å². The molecule has 1 fully saturated rings. The van der Waals surface area contributed by atoms with Crippen molar-refractivity contribution in [1.82, 2.24) is 25.0 Å². The minimum atomic E-state index is -0.0159. The number of hydrogen-bond acceptors (Lipinski definition) is 6. The summed E-state index contributed by atoms with van der Waals surface area (Å²) in [6.45, 7) is 3.49. The minimum Gasteiger partial charge on any atom is -0.467 e. The number of carbonyl (C=O) groups excluding carboxylic acids is 1. The average molecular weight is 305 g/mol. The topological polar surface area (TPSA) is 85.4 Å². The van der Waals surface area contributed by atoms with E-state index in [9.17, 15) is 4.79 Å². The molecule has 118 valence electrons. The lowest BCUT2D eigenvalue weighted by molar-refractivity contribution is -0.124. The van der Waals surface area contributed by atoms with Crippen molar-refractivity contribution in [2.75, 3.05) is 26.2 Å². The third kappa shape index (κ3) is 4.15. The molecular weight excluding hydrogens is 286 g/mol. The lowest BCUT2D eigenvalue weighted by Gasteiger charge is -2.32. The van der Waals surface area contributed by atoms with Gasteiger partial charge in [-0.15, -0.1) is 0 Å². The van der Waals surface area contributed by atoms with Crippen molar-refractivity contribution in [3.05, 3.63) is 36.8 Å². The first kappa shape index (κ1) is 14.7. The van der Waals surface area contributed by atoms with E-state index in [4.69, 9.17) is 9.15 Å². The number of carbonyl (C=O) groups is 1. The molecule has 1 saturated heterocycles.